The van der Waals surface area contributed by atoms with Crippen LogP contribution in [0.4, 0.5) is 0 Å². The molecule has 0 aromatic heterocycles. The van der Waals surface area contributed by atoms with Crippen LogP contribution in [0.1, 0.15) is 32.1 Å². The molecule has 80 valence electrons. The highest BCUT2D eigenvalue weighted by Gasteiger charge is 2.13. The number of hydrogen-bond acceptors (Lipinski definition) is 2. The number of rotatable bonds is 5. The summed E-state index contributed by atoms with van der Waals surface area (Å²) in [7, 11) is 0. The lowest BCUT2D eigenvalue weighted by molar-refractivity contribution is -0.122. The van der Waals surface area contributed by atoms with Crippen molar-refractivity contribution >= 4 is 12.3 Å². The van der Waals surface area contributed by atoms with Crippen molar-refractivity contribution in [3.63, 3.8) is 0 Å². The molecule has 1 rings (SSSR count). The van der Waals surface area contributed by atoms with Crippen LogP contribution in [-0.2, 0) is 9.59 Å². The Hall–Kier alpha value is -1.06. The molecule has 4 nitrogen and oxygen atoms in total. The van der Waals surface area contributed by atoms with Gasteiger partial charge in [-0.25, -0.2) is 0 Å². The van der Waals surface area contributed by atoms with Gasteiger partial charge in [0.15, 0.2) is 0 Å². The molecule has 0 aliphatic heterocycles. The SMILES string of the molecule is O=CNCC(=O)NCC1CCCCC1. The van der Waals surface area contributed by atoms with Crippen LogP contribution in [0.2, 0.25) is 0 Å². The maximum Gasteiger partial charge on any atom is 0.239 e. The predicted octanol–water partition coefficient (Wildman–Crippen LogP) is 0.429. The van der Waals surface area contributed by atoms with Gasteiger partial charge in [-0.05, 0) is 18.8 Å². The number of carbonyl (C=O) groups is 2. The van der Waals surface area contributed by atoms with Gasteiger partial charge in [0.05, 0.1) is 6.54 Å². The quantitative estimate of drug-likeness (QED) is 0.629. The van der Waals surface area contributed by atoms with Crippen LogP contribution in [0.15, 0.2) is 0 Å². The van der Waals surface area contributed by atoms with E-state index in [2.05, 4.69) is 10.6 Å². The smallest absolute Gasteiger partial charge is 0.239 e. The molecule has 0 radical (unpaired) electrons. The lowest BCUT2D eigenvalue weighted by atomic mass is 9.89. The second kappa shape index (κ2) is 6.40. The van der Waals surface area contributed by atoms with E-state index in [1.165, 1.54) is 32.1 Å². The molecule has 1 fully saturated rings. The third-order valence-corrected chi connectivity index (χ3v) is 2.66. The molecule has 0 saturated heterocycles. The second-order valence-corrected chi connectivity index (χ2v) is 3.81. The van der Waals surface area contributed by atoms with Crippen LogP contribution in [0, 0.1) is 5.92 Å². The zero-order valence-electron chi connectivity index (χ0n) is 8.42. The molecule has 0 spiro atoms. The fourth-order valence-electron chi connectivity index (χ4n) is 1.85. The van der Waals surface area contributed by atoms with Crippen LogP contribution in [-0.4, -0.2) is 25.4 Å². The summed E-state index contributed by atoms with van der Waals surface area (Å²) in [6.45, 7) is 0.857. The summed E-state index contributed by atoms with van der Waals surface area (Å²) in [5, 5.41) is 5.17. The first kappa shape index (κ1) is 11.0. The maximum absolute atomic E-state index is 11.1. The lowest BCUT2D eigenvalue weighted by Crippen LogP contribution is -2.36. The summed E-state index contributed by atoms with van der Waals surface area (Å²) in [5.41, 5.74) is 0. The third kappa shape index (κ3) is 4.25. The summed E-state index contributed by atoms with van der Waals surface area (Å²) < 4.78 is 0. The lowest BCUT2D eigenvalue weighted by Gasteiger charge is -2.21. The van der Waals surface area contributed by atoms with E-state index in [-0.39, 0.29) is 12.5 Å². The summed E-state index contributed by atoms with van der Waals surface area (Å²) in [6, 6.07) is 0. The minimum atomic E-state index is -0.0947. The minimum Gasteiger partial charge on any atom is -0.354 e. The molecule has 4 heteroatoms. The number of carbonyl (C=O) groups excluding carboxylic acids is 2. The average molecular weight is 198 g/mol. The van der Waals surface area contributed by atoms with Gasteiger partial charge in [0.2, 0.25) is 12.3 Å². The van der Waals surface area contributed by atoms with Crippen LogP contribution < -0.4 is 10.6 Å². The number of amides is 2. The first-order chi connectivity index (χ1) is 6.83. The zero-order valence-corrected chi connectivity index (χ0v) is 8.42. The highest BCUT2D eigenvalue weighted by Crippen LogP contribution is 2.22. The molecule has 0 unspecified atom stereocenters. The van der Waals surface area contributed by atoms with Crippen LogP contribution in [0.5, 0.6) is 0 Å². The van der Waals surface area contributed by atoms with Gasteiger partial charge in [0.25, 0.3) is 0 Å². The normalized spacial score (nSPS) is 17.4. The topological polar surface area (TPSA) is 58.2 Å². The van der Waals surface area contributed by atoms with Crippen molar-refractivity contribution in [2.45, 2.75) is 32.1 Å². The highest BCUT2D eigenvalue weighted by atomic mass is 16.2. The molecular formula is C10H18N2O2. The summed E-state index contributed by atoms with van der Waals surface area (Å²) >= 11 is 0. The van der Waals surface area contributed by atoms with Crippen molar-refractivity contribution in [3.8, 4) is 0 Å². The average Bonchev–Trinajstić information content (AvgIpc) is 2.25. The Morgan fingerprint density at radius 3 is 2.64 bits per heavy atom. The van der Waals surface area contributed by atoms with Gasteiger partial charge in [0, 0.05) is 6.54 Å². The molecule has 0 bridgehead atoms. The van der Waals surface area contributed by atoms with Crippen LogP contribution in [0.25, 0.3) is 0 Å². The van der Waals surface area contributed by atoms with Crippen molar-refractivity contribution in [1.29, 1.82) is 0 Å². The fraction of sp³-hybridized carbons (Fsp3) is 0.800. The molecule has 2 amide bonds. The molecule has 1 aliphatic carbocycles. The van der Waals surface area contributed by atoms with Gasteiger partial charge >= 0.3 is 0 Å². The van der Waals surface area contributed by atoms with Crippen LogP contribution in [0.3, 0.4) is 0 Å². The molecule has 0 atom stereocenters. The summed E-state index contributed by atoms with van der Waals surface area (Å²) in [4.78, 5) is 21.0. The van der Waals surface area contributed by atoms with E-state index in [0.29, 0.717) is 12.3 Å². The van der Waals surface area contributed by atoms with Crippen molar-refractivity contribution in [2.24, 2.45) is 5.92 Å². The van der Waals surface area contributed by atoms with Crippen molar-refractivity contribution in [2.75, 3.05) is 13.1 Å². The molecule has 1 saturated carbocycles. The molecule has 1 aliphatic rings. The van der Waals surface area contributed by atoms with Crippen molar-refractivity contribution < 1.29 is 9.59 Å². The first-order valence-electron chi connectivity index (χ1n) is 5.26. The Morgan fingerprint density at radius 1 is 1.29 bits per heavy atom. The van der Waals surface area contributed by atoms with Gasteiger partial charge in [0.1, 0.15) is 0 Å². The Balaban J connectivity index is 2.06. The Bertz CT molecular complexity index is 189. The van der Waals surface area contributed by atoms with Gasteiger partial charge in [-0.3, -0.25) is 9.59 Å². The highest BCUT2D eigenvalue weighted by molar-refractivity contribution is 5.79. The van der Waals surface area contributed by atoms with Crippen molar-refractivity contribution in [1.82, 2.24) is 10.6 Å². The monoisotopic (exact) mass is 198 g/mol. The Labute approximate surface area is 84.4 Å². The summed E-state index contributed by atoms with van der Waals surface area (Å²) in [6.07, 6.45) is 6.89. The number of hydrogen-bond donors (Lipinski definition) is 2. The van der Waals surface area contributed by atoms with Gasteiger partial charge in [-0.2, -0.15) is 0 Å². The largest absolute Gasteiger partial charge is 0.354 e. The van der Waals surface area contributed by atoms with E-state index in [4.69, 9.17) is 0 Å². The standard InChI is InChI=1S/C10H18N2O2/c13-8-11-7-10(14)12-6-9-4-2-1-3-5-9/h8-9H,1-7H2,(H,11,13)(H,12,14). The molecule has 2 N–H and O–H groups in total. The fourth-order valence-corrected chi connectivity index (χ4v) is 1.85. The predicted molar refractivity (Wildman–Crippen MR) is 53.7 cm³/mol. The molecule has 14 heavy (non-hydrogen) atoms. The van der Waals surface area contributed by atoms with Crippen LogP contribution >= 0.6 is 0 Å². The molecule has 0 heterocycles. The van der Waals surface area contributed by atoms with E-state index in [9.17, 15) is 9.59 Å². The number of nitrogens with one attached hydrogen (secondary N) is 2. The molecule has 0 aromatic rings. The van der Waals surface area contributed by atoms with E-state index in [0.717, 1.165) is 6.54 Å². The van der Waals surface area contributed by atoms with Gasteiger partial charge < -0.3 is 10.6 Å². The zero-order chi connectivity index (χ0) is 10.2. The van der Waals surface area contributed by atoms with Gasteiger partial charge in [-0.15, -0.1) is 0 Å². The van der Waals surface area contributed by atoms with E-state index in [1.54, 1.807) is 0 Å². The maximum atomic E-state index is 11.1. The first-order valence-corrected chi connectivity index (χ1v) is 5.26. The van der Waals surface area contributed by atoms with E-state index >= 15 is 0 Å². The second-order valence-electron chi connectivity index (χ2n) is 3.81. The van der Waals surface area contributed by atoms with Crippen molar-refractivity contribution in [3.05, 3.63) is 0 Å². The Kier molecular flexibility index (Phi) is 5.04. The minimum absolute atomic E-state index is 0.0935. The molecule has 0 aromatic carbocycles. The Morgan fingerprint density at radius 2 is 2.00 bits per heavy atom. The van der Waals surface area contributed by atoms with E-state index < -0.39 is 0 Å². The molecular weight excluding hydrogens is 180 g/mol. The third-order valence-electron chi connectivity index (χ3n) is 2.66. The van der Waals surface area contributed by atoms with E-state index in [1.807, 2.05) is 0 Å². The summed E-state index contributed by atoms with van der Waals surface area (Å²) in [5.74, 6) is 0.548. The van der Waals surface area contributed by atoms with Gasteiger partial charge in [-0.1, -0.05) is 19.3 Å².